The monoisotopic (exact) mass is 374 g/mol. The third-order valence-electron chi connectivity index (χ3n) is 3.77. The van der Waals surface area contributed by atoms with Crippen LogP contribution in [0.15, 0.2) is 36.5 Å². The molecule has 2 aromatic rings. The Hall–Kier alpha value is -2.44. The molecule has 1 aromatic heterocycles. The first-order valence-electron chi connectivity index (χ1n) is 8.33. The third kappa shape index (κ3) is 5.82. The minimum atomic E-state index is -0.391. The largest absolute Gasteiger partial charge is 0.352 e. The van der Waals surface area contributed by atoms with E-state index in [1.54, 1.807) is 18.2 Å². The maximum Gasteiger partial charge on any atom is 0.274 e. The molecular formula is C19H23ClN4O2. The van der Waals surface area contributed by atoms with Crippen molar-refractivity contribution in [1.29, 1.82) is 0 Å². The Morgan fingerprint density at radius 3 is 2.65 bits per heavy atom. The molecule has 0 saturated heterocycles. The molecule has 0 radical (unpaired) electrons. The van der Waals surface area contributed by atoms with E-state index >= 15 is 0 Å². The molecule has 0 aliphatic rings. The number of aromatic nitrogens is 1. The first-order chi connectivity index (χ1) is 12.4. The van der Waals surface area contributed by atoms with Gasteiger partial charge in [-0.2, -0.15) is 0 Å². The first-order valence-corrected chi connectivity index (χ1v) is 8.71. The first kappa shape index (κ1) is 19.9. The normalized spacial score (nSPS) is 10.7. The number of pyridine rings is 1. The molecule has 0 bridgehead atoms. The van der Waals surface area contributed by atoms with Crippen LogP contribution in [-0.4, -0.2) is 48.9 Å². The second-order valence-electron chi connectivity index (χ2n) is 6.26. The van der Waals surface area contributed by atoms with Crippen molar-refractivity contribution in [3.05, 3.63) is 58.4 Å². The van der Waals surface area contributed by atoms with Gasteiger partial charge in [0.2, 0.25) is 0 Å². The van der Waals surface area contributed by atoms with E-state index in [1.165, 1.54) is 12.3 Å². The predicted molar refractivity (Wildman–Crippen MR) is 104 cm³/mol. The van der Waals surface area contributed by atoms with Crippen LogP contribution in [-0.2, 0) is 0 Å². The molecule has 0 unspecified atom stereocenters. The van der Waals surface area contributed by atoms with Crippen molar-refractivity contribution in [1.82, 2.24) is 15.2 Å². The lowest BCUT2D eigenvalue weighted by Crippen LogP contribution is -2.27. The summed E-state index contributed by atoms with van der Waals surface area (Å²) >= 11 is 5.97. The van der Waals surface area contributed by atoms with Gasteiger partial charge in [0.1, 0.15) is 5.69 Å². The number of anilines is 1. The van der Waals surface area contributed by atoms with Gasteiger partial charge in [-0.15, -0.1) is 0 Å². The fraction of sp³-hybridized carbons (Fsp3) is 0.316. The van der Waals surface area contributed by atoms with E-state index in [-0.39, 0.29) is 11.6 Å². The van der Waals surface area contributed by atoms with Crippen molar-refractivity contribution in [2.75, 3.05) is 32.5 Å². The van der Waals surface area contributed by atoms with Crippen molar-refractivity contribution in [3.8, 4) is 0 Å². The Bertz CT molecular complexity index is 793. The summed E-state index contributed by atoms with van der Waals surface area (Å²) in [4.78, 5) is 30.8. The van der Waals surface area contributed by atoms with Crippen LogP contribution in [0.4, 0.5) is 5.69 Å². The van der Waals surface area contributed by atoms with Gasteiger partial charge in [-0.05, 0) is 63.8 Å². The fourth-order valence-electron chi connectivity index (χ4n) is 2.31. The average molecular weight is 375 g/mol. The van der Waals surface area contributed by atoms with Crippen LogP contribution >= 0.6 is 11.6 Å². The average Bonchev–Trinajstić information content (AvgIpc) is 2.61. The Morgan fingerprint density at radius 1 is 1.15 bits per heavy atom. The number of aryl methyl sites for hydroxylation is 1. The zero-order valence-corrected chi connectivity index (χ0v) is 15.9. The summed E-state index contributed by atoms with van der Waals surface area (Å²) in [6, 6.07) is 8.32. The van der Waals surface area contributed by atoms with E-state index in [9.17, 15) is 9.59 Å². The molecule has 1 heterocycles. The summed E-state index contributed by atoms with van der Waals surface area (Å²) < 4.78 is 0. The molecule has 0 spiro atoms. The van der Waals surface area contributed by atoms with Gasteiger partial charge in [-0.3, -0.25) is 14.6 Å². The molecule has 7 heteroatoms. The van der Waals surface area contributed by atoms with E-state index in [1.807, 2.05) is 27.1 Å². The molecule has 6 nitrogen and oxygen atoms in total. The molecule has 0 atom stereocenters. The van der Waals surface area contributed by atoms with Crippen LogP contribution in [0.3, 0.4) is 0 Å². The Balaban J connectivity index is 2.02. The van der Waals surface area contributed by atoms with Gasteiger partial charge in [0.15, 0.2) is 0 Å². The highest BCUT2D eigenvalue weighted by Crippen LogP contribution is 2.20. The fourth-order valence-corrected chi connectivity index (χ4v) is 2.48. The van der Waals surface area contributed by atoms with E-state index < -0.39 is 5.91 Å². The number of amides is 2. The summed E-state index contributed by atoms with van der Waals surface area (Å²) in [7, 11) is 3.97. The Labute approximate surface area is 158 Å². The molecule has 0 aliphatic heterocycles. The van der Waals surface area contributed by atoms with E-state index in [4.69, 9.17) is 11.6 Å². The van der Waals surface area contributed by atoms with Crippen LogP contribution in [0.1, 0.15) is 32.8 Å². The van der Waals surface area contributed by atoms with Crippen molar-refractivity contribution in [2.45, 2.75) is 13.3 Å². The molecule has 2 N–H and O–H groups in total. The van der Waals surface area contributed by atoms with Crippen LogP contribution in [0, 0.1) is 6.92 Å². The maximum atomic E-state index is 12.4. The lowest BCUT2D eigenvalue weighted by molar-refractivity contribution is 0.0952. The van der Waals surface area contributed by atoms with E-state index in [0.29, 0.717) is 22.8 Å². The van der Waals surface area contributed by atoms with Gasteiger partial charge >= 0.3 is 0 Å². The van der Waals surface area contributed by atoms with Crippen molar-refractivity contribution >= 4 is 29.1 Å². The second-order valence-corrected chi connectivity index (χ2v) is 6.69. The summed E-state index contributed by atoms with van der Waals surface area (Å²) in [6.07, 6.45) is 2.31. The SMILES string of the molecule is Cc1ccc(Cl)cc1NC(=O)c1cc(C(=O)NCCCN(C)C)ccn1. The number of nitrogens with zero attached hydrogens (tertiary/aromatic N) is 2. The predicted octanol–water partition coefficient (Wildman–Crippen LogP) is 2.98. The van der Waals surface area contributed by atoms with Gasteiger partial charge < -0.3 is 15.5 Å². The zero-order chi connectivity index (χ0) is 19.1. The van der Waals surface area contributed by atoms with Crippen LogP contribution in [0.25, 0.3) is 0 Å². The number of halogens is 1. The van der Waals surface area contributed by atoms with E-state index in [0.717, 1.165) is 18.5 Å². The highest BCUT2D eigenvalue weighted by Gasteiger charge is 2.13. The standard InChI is InChI=1S/C19H23ClN4O2/c1-13-5-6-15(20)12-16(13)23-19(26)17-11-14(7-9-21-17)18(25)22-8-4-10-24(2)3/h5-7,9,11-12H,4,8,10H2,1-3H3,(H,22,25)(H,23,26). The van der Waals surface area contributed by atoms with Gasteiger partial charge in [-0.1, -0.05) is 17.7 Å². The molecule has 2 amide bonds. The quantitative estimate of drug-likeness (QED) is 0.731. The molecule has 1 aromatic carbocycles. The highest BCUT2D eigenvalue weighted by atomic mass is 35.5. The third-order valence-corrected chi connectivity index (χ3v) is 4.01. The lowest BCUT2D eigenvalue weighted by atomic mass is 10.1. The van der Waals surface area contributed by atoms with Crippen molar-refractivity contribution < 1.29 is 9.59 Å². The van der Waals surface area contributed by atoms with Gasteiger partial charge in [0, 0.05) is 29.0 Å². The number of hydrogen-bond donors (Lipinski definition) is 2. The molecule has 0 fully saturated rings. The lowest BCUT2D eigenvalue weighted by Gasteiger charge is -2.11. The number of nitrogens with one attached hydrogen (secondary N) is 2. The zero-order valence-electron chi connectivity index (χ0n) is 15.2. The van der Waals surface area contributed by atoms with Crippen LogP contribution in [0.2, 0.25) is 5.02 Å². The minimum Gasteiger partial charge on any atom is -0.352 e. The maximum absolute atomic E-state index is 12.4. The Morgan fingerprint density at radius 2 is 1.92 bits per heavy atom. The molecule has 2 rings (SSSR count). The van der Waals surface area contributed by atoms with Crippen molar-refractivity contribution in [2.24, 2.45) is 0 Å². The summed E-state index contributed by atoms with van der Waals surface area (Å²) in [5.74, 6) is -0.614. The van der Waals surface area contributed by atoms with Crippen molar-refractivity contribution in [3.63, 3.8) is 0 Å². The van der Waals surface area contributed by atoms with E-state index in [2.05, 4.69) is 20.5 Å². The Kier molecular flexibility index (Phi) is 7.12. The summed E-state index contributed by atoms with van der Waals surface area (Å²) in [5, 5.41) is 6.15. The number of rotatable bonds is 7. The molecule has 26 heavy (non-hydrogen) atoms. The van der Waals surface area contributed by atoms with Gasteiger partial charge in [-0.25, -0.2) is 0 Å². The summed E-state index contributed by atoms with van der Waals surface area (Å²) in [6.45, 7) is 3.34. The minimum absolute atomic E-state index is 0.172. The number of benzene rings is 1. The number of carbonyl (C=O) groups excluding carboxylic acids is 2. The van der Waals surface area contributed by atoms with Crippen LogP contribution < -0.4 is 10.6 Å². The molecule has 0 aliphatic carbocycles. The number of hydrogen-bond acceptors (Lipinski definition) is 4. The smallest absolute Gasteiger partial charge is 0.274 e. The molecular weight excluding hydrogens is 352 g/mol. The van der Waals surface area contributed by atoms with Gasteiger partial charge in [0.25, 0.3) is 11.8 Å². The topological polar surface area (TPSA) is 74.3 Å². The second kappa shape index (κ2) is 9.31. The highest BCUT2D eigenvalue weighted by molar-refractivity contribution is 6.31. The number of carbonyl (C=O) groups is 2. The van der Waals surface area contributed by atoms with Gasteiger partial charge in [0.05, 0.1) is 0 Å². The molecule has 138 valence electrons. The molecule has 0 saturated carbocycles. The summed E-state index contributed by atoms with van der Waals surface area (Å²) in [5.41, 5.74) is 2.07. The van der Waals surface area contributed by atoms with Crippen LogP contribution in [0.5, 0.6) is 0 Å².